The summed E-state index contributed by atoms with van der Waals surface area (Å²) in [6.07, 6.45) is 8.25. The zero-order chi connectivity index (χ0) is 33.2. The molecule has 256 valence electrons. The van der Waals surface area contributed by atoms with Gasteiger partial charge >= 0.3 is 0 Å². The number of pyridine rings is 1. The average Bonchev–Trinajstić information content (AvgIpc) is 3.06. The predicted molar refractivity (Wildman–Crippen MR) is 172 cm³/mol. The Morgan fingerprint density at radius 1 is 1.09 bits per heavy atom. The number of methoxy groups -OCH3 is 1. The number of halogens is 1. The lowest BCUT2D eigenvalue weighted by molar-refractivity contribution is -0.200. The minimum absolute atomic E-state index is 0.0733. The first kappa shape index (κ1) is 34.5. The van der Waals surface area contributed by atoms with Gasteiger partial charge in [-0.3, -0.25) is 9.52 Å². The van der Waals surface area contributed by atoms with Crippen molar-refractivity contribution in [2.45, 2.75) is 57.7 Å². The minimum Gasteiger partial charge on any atom is -0.491 e. The van der Waals surface area contributed by atoms with Crippen LogP contribution in [0.25, 0.3) is 22.2 Å². The number of fused-ring (bicyclic) bond motifs is 1. The maximum absolute atomic E-state index is 15.1. The van der Waals surface area contributed by atoms with Crippen LogP contribution < -0.4 is 24.6 Å². The van der Waals surface area contributed by atoms with E-state index >= 15 is 4.39 Å². The lowest BCUT2D eigenvalue weighted by atomic mass is 10.1. The van der Waals surface area contributed by atoms with Crippen molar-refractivity contribution in [1.82, 2.24) is 20.4 Å². The molecule has 1 aromatic carbocycles. The van der Waals surface area contributed by atoms with Crippen LogP contribution >= 0.6 is 0 Å². The first-order valence-electron chi connectivity index (χ1n) is 15.8. The number of anilines is 2. The molecule has 2 aliphatic heterocycles. The van der Waals surface area contributed by atoms with E-state index in [0.29, 0.717) is 86.9 Å². The Morgan fingerprint density at radius 2 is 1.89 bits per heavy atom. The number of nitrogens with zero attached hydrogens (tertiary/aromatic N) is 4. The molecule has 2 fully saturated rings. The van der Waals surface area contributed by atoms with Gasteiger partial charge in [0.25, 0.3) is 0 Å². The molecule has 0 aliphatic carbocycles. The Hall–Kier alpha value is -3.86. The van der Waals surface area contributed by atoms with Crippen molar-refractivity contribution in [2.24, 2.45) is 0 Å². The molecule has 3 aromatic rings. The summed E-state index contributed by atoms with van der Waals surface area (Å²) in [7, 11) is -2.27. The number of ether oxygens (including phenoxy) is 4. The Morgan fingerprint density at radius 3 is 2.64 bits per heavy atom. The molecule has 2 N–H and O–H groups in total. The highest BCUT2D eigenvalue weighted by Gasteiger charge is 2.22. The predicted octanol–water partition coefficient (Wildman–Crippen LogP) is 3.95. The van der Waals surface area contributed by atoms with E-state index in [9.17, 15) is 13.2 Å². The molecule has 0 spiro atoms. The topological polar surface area (TPSA) is 163 Å². The fraction of sp³-hybridized carbons (Fsp3) is 0.548. The SMILES string of the molecule is COc1ncc(-c2nc(N3CCOCC3)nc3c(OCCCCCCC(=O)NOC4CCCCO4)cc(F)cc23)cc1NS(C)(=O)=O. The first-order valence-corrected chi connectivity index (χ1v) is 17.6. The number of unbranched alkanes of at least 4 members (excludes halogenated alkanes) is 3. The molecule has 1 unspecified atom stereocenters. The van der Waals surface area contributed by atoms with Gasteiger partial charge in [0.2, 0.25) is 27.8 Å². The Kier molecular flexibility index (Phi) is 12.0. The molecule has 0 saturated carbocycles. The van der Waals surface area contributed by atoms with Crippen LogP contribution in [0.4, 0.5) is 16.0 Å². The fourth-order valence-corrected chi connectivity index (χ4v) is 5.86. The lowest BCUT2D eigenvalue weighted by Crippen LogP contribution is -2.37. The van der Waals surface area contributed by atoms with Crippen molar-refractivity contribution in [3.63, 3.8) is 0 Å². The maximum Gasteiger partial charge on any atom is 0.243 e. The van der Waals surface area contributed by atoms with Crippen LogP contribution in [0.15, 0.2) is 24.4 Å². The summed E-state index contributed by atoms with van der Waals surface area (Å²) in [6, 6.07) is 4.16. The van der Waals surface area contributed by atoms with Gasteiger partial charge in [0, 0.05) is 55.8 Å². The molecule has 4 heterocycles. The second-order valence-corrected chi connectivity index (χ2v) is 13.1. The normalized spacial score (nSPS) is 17.0. The molecule has 14 nitrogen and oxygen atoms in total. The lowest BCUT2D eigenvalue weighted by Gasteiger charge is -2.27. The maximum atomic E-state index is 15.1. The molecular formula is C31H41FN6O8S. The monoisotopic (exact) mass is 676 g/mol. The number of hydrogen-bond donors (Lipinski definition) is 2. The van der Waals surface area contributed by atoms with Gasteiger partial charge in [0.15, 0.2) is 6.29 Å². The van der Waals surface area contributed by atoms with E-state index in [1.807, 2.05) is 4.90 Å². The molecule has 47 heavy (non-hydrogen) atoms. The summed E-state index contributed by atoms with van der Waals surface area (Å²) in [4.78, 5) is 33.2. The van der Waals surface area contributed by atoms with Crippen molar-refractivity contribution in [1.29, 1.82) is 0 Å². The fourth-order valence-electron chi connectivity index (χ4n) is 5.32. The van der Waals surface area contributed by atoms with E-state index in [-0.39, 0.29) is 29.5 Å². The van der Waals surface area contributed by atoms with Crippen molar-refractivity contribution >= 4 is 38.5 Å². The molecule has 0 radical (unpaired) electrons. The van der Waals surface area contributed by atoms with Gasteiger partial charge in [0.05, 0.1) is 38.9 Å². The van der Waals surface area contributed by atoms with Crippen molar-refractivity contribution in [2.75, 3.05) is 62.5 Å². The molecule has 1 amide bonds. The standard InChI is InChI=1S/C31H41FN6O8S/c1-42-30-24(37-47(2,40)41)17-21(20-33-30)28-23-18-22(32)19-25(29(23)35-31(34-28)38-11-15-43-16-12-38)44-13-7-4-3-5-9-26(39)36-46-27-10-6-8-14-45-27/h17-20,27,37H,3-16H2,1-2H3,(H,36,39). The Labute approximate surface area is 273 Å². The number of aromatic nitrogens is 3. The number of nitrogens with one attached hydrogen (secondary N) is 2. The highest BCUT2D eigenvalue weighted by atomic mass is 32.2. The average molecular weight is 677 g/mol. The third kappa shape index (κ3) is 9.82. The van der Waals surface area contributed by atoms with Crippen LogP contribution in [-0.2, 0) is 29.1 Å². The van der Waals surface area contributed by atoms with Crippen molar-refractivity contribution in [3.05, 3.63) is 30.2 Å². The van der Waals surface area contributed by atoms with Gasteiger partial charge in [0.1, 0.15) is 22.8 Å². The number of amides is 1. The number of sulfonamides is 1. The number of carbonyl (C=O) groups is 1. The summed E-state index contributed by atoms with van der Waals surface area (Å²) < 4.78 is 63.8. The van der Waals surface area contributed by atoms with Crippen molar-refractivity contribution in [3.8, 4) is 22.9 Å². The molecule has 16 heteroatoms. The van der Waals surface area contributed by atoms with Gasteiger partial charge in [-0.25, -0.2) is 38.1 Å². The van der Waals surface area contributed by atoms with Gasteiger partial charge in [-0.2, -0.15) is 0 Å². The Balaban J connectivity index is 1.29. The smallest absolute Gasteiger partial charge is 0.243 e. The van der Waals surface area contributed by atoms with Crippen LogP contribution in [0.1, 0.15) is 51.4 Å². The summed E-state index contributed by atoms with van der Waals surface area (Å²) in [5, 5.41) is 0.376. The largest absolute Gasteiger partial charge is 0.491 e. The number of hydrogen-bond acceptors (Lipinski definition) is 12. The summed E-state index contributed by atoms with van der Waals surface area (Å²) in [6.45, 7) is 3.07. The van der Waals surface area contributed by atoms with Crippen LogP contribution in [0, 0.1) is 5.82 Å². The number of rotatable bonds is 15. The minimum atomic E-state index is -3.66. The quantitative estimate of drug-likeness (QED) is 0.176. The van der Waals surface area contributed by atoms with Crippen LogP contribution in [0.3, 0.4) is 0 Å². The summed E-state index contributed by atoms with van der Waals surface area (Å²) in [5.74, 6) is 0.0107. The number of hydroxylamine groups is 1. The molecule has 2 aliphatic rings. The van der Waals surface area contributed by atoms with Crippen molar-refractivity contribution < 1.29 is 41.4 Å². The van der Waals surface area contributed by atoms with Gasteiger partial charge in [-0.05, 0) is 37.8 Å². The molecule has 2 saturated heterocycles. The van der Waals surface area contributed by atoms with E-state index in [1.54, 1.807) is 6.07 Å². The summed E-state index contributed by atoms with van der Waals surface area (Å²) in [5.41, 5.74) is 3.77. The van der Waals surface area contributed by atoms with E-state index in [1.165, 1.54) is 25.4 Å². The second kappa shape index (κ2) is 16.3. The third-order valence-corrected chi connectivity index (χ3v) is 8.21. The molecule has 5 rings (SSSR count). The molecular weight excluding hydrogens is 635 g/mol. The van der Waals surface area contributed by atoms with E-state index < -0.39 is 15.8 Å². The first-order chi connectivity index (χ1) is 22.7. The molecule has 0 bridgehead atoms. The second-order valence-electron chi connectivity index (χ2n) is 11.4. The number of morpholine rings is 1. The van der Waals surface area contributed by atoms with E-state index in [0.717, 1.165) is 38.4 Å². The zero-order valence-electron chi connectivity index (χ0n) is 26.6. The highest BCUT2D eigenvalue weighted by molar-refractivity contribution is 7.92. The molecule has 1 atom stereocenters. The zero-order valence-corrected chi connectivity index (χ0v) is 27.4. The molecule has 2 aromatic heterocycles. The number of benzene rings is 1. The van der Waals surface area contributed by atoms with Crippen LogP contribution in [0.2, 0.25) is 0 Å². The van der Waals surface area contributed by atoms with Crippen LogP contribution in [0.5, 0.6) is 11.6 Å². The van der Waals surface area contributed by atoms with Crippen LogP contribution in [-0.4, -0.2) is 88.4 Å². The summed E-state index contributed by atoms with van der Waals surface area (Å²) >= 11 is 0. The third-order valence-electron chi connectivity index (χ3n) is 7.62. The Bertz CT molecular complexity index is 1630. The van der Waals surface area contributed by atoms with E-state index in [4.69, 9.17) is 33.8 Å². The van der Waals surface area contributed by atoms with Gasteiger partial charge < -0.3 is 23.8 Å². The van der Waals surface area contributed by atoms with Gasteiger partial charge in [-0.1, -0.05) is 12.8 Å². The van der Waals surface area contributed by atoms with E-state index in [2.05, 4.69) is 15.2 Å². The number of carbonyl (C=O) groups excluding carboxylic acids is 1. The van der Waals surface area contributed by atoms with Gasteiger partial charge in [-0.15, -0.1) is 0 Å². The highest BCUT2D eigenvalue weighted by Crippen LogP contribution is 2.36.